The van der Waals surface area contributed by atoms with Gasteiger partial charge in [-0.15, -0.1) is 0 Å². The second kappa shape index (κ2) is 5.71. The average molecular weight is 236 g/mol. The lowest BCUT2D eigenvalue weighted by atomic mass is 10.0. The molecule has 1 fully saturated rings. The second-order valence-corrected chi connectivity index (χ2v) is 5.54. The number of benzene rings is 1. The third-order valence-electron chi connectivity index (χ3n) is 3.14. The summed E-state index contributed by atoms with van der Waals surface area (Å²) in [6.45, 7) is 5.19. The predicted molar refractivity (Wildman–Crippen MR) is 71.9 cm³/mol. The lowest BCUT2D eigenvalue weighted by Crippen LogP contribution is -2.39. The average Bonchev–Trinajstić information content (AvgIpc) is 2.31. The molecule has 1 heterocycles. The van der Waals surface area contributed by atoms with E-state index in [2.05, 4.69) is 36.1 Å². The highest BCUT2D eigenvalue weighted by molar-refractivity contribution is 7.99. The molecular weight excluding hydrogens is 216 g/mol. The molecule has 1 atom stereocenters. The van der Waals surface area contributed by atoms with Crippen LogP contribution in [0.15, 0.2) is 24.3 Å². The van der Waals surface area contributed by atoms with Crippen molar-refractivity contribution in [1.82, 2.24) is 4.90 Å². The molecule has 0 bridgehead atoms. The smallest absolute Gasteiger partial charge is 0.0471 e. The Labute approximate surface area is 102 Å². The maximum absolute atomic E-state index is 5.94. The third-order valence-corrected chi connectivity index (χ3v) is 4.08. The van der Waals surface area contributed by atoms with Crippen LogP contribution in [-0.2, 0) is 0 Å². The minimum absolute atomic E-state index is 0.404. The molecule has 0 amide bonds. The normalized spacial score (nSPS) is 19.6. The molecule has 88 valence electrons. The Morgan fingerprint density at radius 2 is 2.12 bits per heavy atom. The first kappa shape index (κ1) is 12.0. The van der Waals surface area contributed by atoms with Crippen LogP contribution >= 0.6 is 11.8 Å². The van der Waals surface area contributed by atoms with E-state index in [9.17, 15) is 0 Å². The highest BCUT2D eigenvalue weighted by Gasteiger charge is 2.20. The van der Waals surface area contributed by atoms with Gasteiger partial charge in [0.2, 0.25) is 0 Å². The third kappa shape index (κ3) is 2.78. The molecule has 2 N–H and O–H groups in total. The number of nitrogens with zero attached hydrogens (tertiary/aromatic N) is 1. The van der Waals surface area contributed by atoms with Crippen molar-refractivity contribution >= 4 is 11.8 Å². The zero-order valence-corrected chi connectivity index (χ0v) is 10.7. The fourth-order valence-electron chi connectivity index (χ4n) is 2.26. The van der Waals surface area contributed by atoms with Gasteiger partial charge in [-0.1, -0.05) is 29.8 Å². The van der Waals surface area contributed by atoms with Gasteiger partial charge in [-0.3, -0.25) is 4.90 Å². The molecule has 3 heteroatoms. The molecular formula is C13H20N2S. The number of thioether (sulfide) groups is 1. The molecule has 0 spiro atoms. The topological polar surface area (TPSA) is 29.3 Å². The van der Waals surface area contributed by atoms with Crippen molar-refractivity contribution in [3.05, 3.63) is 35.4 Å². The first-order valence-electron chi connectivity index (χ1n) is 5.89. The van der Waals surface area contributed by atoms with Gasteiger partial charge in [-0.2, -0.15) is 11.8 Å². The van der Waals surface area contributed by atoms with E-state index in [4.69, 9.17) is 5.73 Å². The van der Waals surface area contributed by atoms with Gasteiger partial charge in [-0.25, -0.2) is 0 Å². The molecule has 1 aliphatic heterocycles. The van der Waals surface area contributed by atoms with Gasteiger partial charge < -0.3 is 5.73 Å². The van der Waals surface area contributed by atoms with Gasteiger partial charge >= 0.3 is 0 Å². The monoisotopic (exact) mass is 236 g/mol. The Bertz CT molecular complexity index is 334. The zero-order valence-electron chi connectivity index (χ0n) is 9.86. The first-order chi connectivity index (χ1) is 7.81. The maximum Gasteiger partial charge on any atom is 0.0471 e. The van der Waals surface area contributed by atoms with Crippen molar-refractivity contribution < 1.29 is 0 Å². The summed E-state index contributed by atoms with van der Waals surface area (Å²) in [6.07, 6.45) is 0. The van der Waals surface area contributed by atoms with E-state index in [1.807, 2.05) is 11.8 Å². The Morgan fingerprint density at radius 3 is 2.75 bits per heavy atom. The van der Waals surface area contributed by atoms with Crippen molar-refractivity contribution in [3.8, 4) is 0 Å². The highest BCUT2D eigenvalue weighted by atomic mass is 32.2. The van der Waals surface area contributed by atoms with Crippen LogP contribution in [0.5, 0.6) is 0 Å². The lowest BCUT2D eigenvalue weighted by Gasteiger charge is -2.34. The molecule has 1 aliphatic rings. The lowest BCUT2D eigenvalue weighted by molar-refractivity contribution is 0.223. The van der Waals surface area contributed by atoms with Crippen molar-refractivity contribution in [2.24, 2.45) is 5.73 Å². The summed E-state index contributed by atoms with van der Waals surface area (Å²) in [6, 6.07) is 9.14. The van der Waals surface area contributed by atoms with Gasteiger partial charge in [0.1, 0.15) is 0 Å². The Balaban J connectivity index is 2.14. The summed E-state index contributed by atoms with van der Waals surface area (Å²) < 4.78 is 0. The molecule has 16 heavy (non-hydrogen) atoms. The molecule has 2 rings (SSSR count). The molecule has 1 saturated heterocycles. The van der Waals surface area contributed by atoms with Crippen molar-refractivity contribution in [3.63, 3.8) is 0 Å². The fourth-order valence-corrected chi connectivity index (χ4v) is 3.19. The van der Waals surface area contributed by atoms with E-state index in [0.29, 0.717) is 12.6 Å². The van der Waals surface area contributed by atoms with E-state index in [1.165, 1.54) is 35.7 Å². The van der Waals surface area contributed by atoms with Crippen molar-refractivity contribution in [2.75, 3.05) is 31.1 Å². The number of nitrogens with two attached hydrogens (primary N) is 1. The molecule has 0 saturated carbocycles. The van der Waals surface area contributed by atoms with Gasteiger partial charge in [-0.05, 0) is 12.5 Å². The number of hydrogen-bond donors (Lipinski definition) is 1. The first-order valence-corrected chi connectivity index (χ1v) is 7.05. The number of rotatable bonds is 3. The molecule has 2 nitrogen and oxygen atoms in total. The van der Waals surface area contributed by atoms with Crippen LogP contribution in [0.2, 0.25) is 0 Å². The summed E-state index contributed by atoms with van der Waals surface area (Å²) in [7, 11) is 0. The summed E-state index contributed by atoms with van der Waals surface area (Å²) in [5, 5.41) is 0. The summed E-state index contributed by atoms with van der Waals surface area (Å²) in [5.41, 5.74) is 8.63. The van der Waals surface area contributed by atoms with Gasteiger partial charge in [0.15, 0.2) is 0 Å². The Kier molecular flexibility index (Phi) is 4.27. The molecule has 0 radical (unpaired) electrons. The molecule has 0 aromatic heterocycles. The van der Waals surface area contributed by atoms with Crippen LogP contribution in [0, 0.1) is 6.92 Å². The van der Waals surface area contributed by atoms with E-state index in [1.54, 1.807) is 0 Å². The maximum atomic E-state index is 5.94. The summed E-state index contributed by atoms with van der Waals surface area (Å²) in [5.74, 6) is 2.48. The van der Waals surface area contributed by atoms with Crippen LogP contribution in [0.25, 0.3) is 0 Å². The molecule has 1 unspecified atom stereocenters. The van der Waals surface area contributed by atoms with Crippen LogP contribution in [0.3, 0.4) is 0 Å². The van der Waals surface area contributed by atoms with Gasteiger partial charge in [0.05, 0.1) is 0 Å². The van der Waals surface area contributed by atoms with Crippen LogP contribution in [0.1, 0.15) is 17.2 Å². The minimum atomic E-state index is 0.404. The molecule has 1 aromatic rings. The quantitative estimate of drug-likeness (QED) is 0.871. The van der Waals surface area contributed by atoms with Crippen LogP contribution in [-0.4, -0.2) is 36.0 Å². The van der Waals surface area contributed by atoms with Crippen LogP contribution in [0.4, 0.5) is 0 Å². The van der Waals surface area contributed by atoms with Gasteiger partial charge in [0, 0.05) is 37.2 Å². The van der Waals surface area contributed by atoms with Gasteiger partial charge in [0.25, 0.3) is 0 Å². The Morgan fingerprint density at radius 1 is 1.38 bits per heavy atom. The minimum Gasteiger partial charge on any atom is -0.329 e. The van der Waals surface area contributed by atoms with Crippen molar-refractivity contribution in [2.45, 2.75) is 13.0 Å². The fraction of sp³-hybridized carbons (Fsp3) is 0.538. The Hall–Kier alpha value is -0.510. The van der Waals surface area contributed by atoms with Crippen LogP contribution < -0.4 is 5.73 Å². The highest BCUT2D eigenvalue weighted by Crippen LogP contribution is 2.23. The van der Waals surface area contributed by atoms with Crippen molar-refractivity contribution in [1.29, 1.82) is 0 Å². The zero-order chi connectivity index (χ0) is 11.4. The SMILES string of the molecule is Cc1cccc(C(CN)N2CCSCC2)c1. The summed E-state index contributed by atoms with van der Waals surface area (Å²) >= 11 is 2.04. The molecule has 0 aliphatic carbocycles. The van der Waals surface area contributed by atoms with E-state index >= 15 is 0 Å². The molecule has 1 aromatic carbocycles. The standard InChI is InChI=1S/C13H20N2S/c1-11-3-2-4-12(9-11)13(10-14)15-5-7-16-8-6-15/h2-4,9,13H,5-8,10,14H2,1H3. The van der Waals surface area contributed by atoms with E-state index in [0.717, 1.165) is 0 Å². The van der Waals surface area contributed by atoms with E-state index < -0.39 is 0 Å². The predicted octanol–water partition coefficient (Wildman–Crippen LogP) is 2.04. The second-order valence-electron chi connectivity index (χ2n) is 4.31. The van der Waals surface area contributed by atoms with E-state index in [-0.39, 0.29) is 0 Å². The number of aryl methyl sites for hydroxylation is 1. The largest absolute Gasteiger partial charge is 0.329 e. The summed E-state index contributed by atoms with van der Waals surface area (Å²) in [4.78, 5) is 2.52. The number of hydrogen-bond acceptors (Lipinski definition) is 3.